The maximum atomic E-state index is 12.0. The summed E-state index contributed by atoms with van der Waals surface area (Å²) >= 11 is 6.07. The van der Waals surface area contributed by atoms with Gasteiger partial charge < -0.3 is 9.47 Å². The van der Waals surface area contributed by atoms with Crippen molar-refractivity contribution in [1.82, 2.24) is 9.47 Å². The summed E-state index contributed by atoms with van der Waals surface area (Å²) in [5, 5.41) is 9.90. The van der Waals surface area contributed by atoms with Gasteiger partial charge in [0.1, 0.15) is 11.6 Å². The molecule has 0 aliphatic carbocycles. The fraction of sp³-hybridized carbons (Fsp3) is 0.222. The number of nitriles is 1. The van der Waals surface area contributed by atoms with E-state index in [4.69, 9.17) is 11.6 Å². The van der Waals surface area contributed by atoms with Crippen LogP contribution in [0.15, 0.2) is 35.9 Å². The number of hydrogen-bond acceptors (Lipinski definition) is 2. The number of benzene rings is 1. The van der Waals surface area contributed by atoms with Crippen molar-refractivity contribution in [2.45, 2.75) is 13.8 Å². The summed E-state index contributed by atoms with van der Waals surface area (Å²) in [4.78, 5) is 13.4. The molecule has 0 saturated heterocycles. The van der Waals surface area contributed by atoms with Crippen molar-refractivity contribution < 1.29 is 4.79 Å². The largest absolute Gasteiger partial charge is 0.344 e. The zero-order valence-corrected chi connectivity index (χ0v) is 14.3. The van der Waals surface area contributed by atoms with E-state index >= 15 is 0 Å². The quantitative estimate of drug-likeness (QED) is 0.637. The minimum absolute atomic E-state index is 0.112. The van der Waals surface area contributed by atoms with E-state index in [1.165, 1.54) is 4.90 Å². The molecule has 2 aromatic rings. The molecule has 1 aromatic carbocycles. The van der Waals surface area contributed by atoms with Crippen LogP contribution in [0.4, 0.5) is 0 Å². The van der Waals surface area contributed by atoms with Gasteiger partial charge in [0.15, 0.2) is 0 Å². The number of hydrogen-bond donors (Lipinski definition) is 0. The number of amides is 1. The first-order valence-electron chi connectivity index (χ1n) is 7.13. The van der Waals surface area contributed by atoms with Gasteiger partial charge in [-0.3, -0.25) is 4.79 Å². The zero-order chi connectivity index (χ0) is 17.1. The van der Waals surface area contributed by atoms with Crippen molar-refractivity contribution in [2.24, 2.45) is 0 Å². The minimum atomic E-state index is -0.306. The average Bonchev–Trinajstić information content (AvgIpc) is 2.78. The van der Waals surface area contributed by atoms with Gasteiger partial charge in [0.25, 0.3) is 5.91 Å². The van der Waals surface area contributed by atoms with E-state index in [1.54, 1.807) is 20.2 Å². The molecular weight excluding hydrogens is 310 g/mol. The molecular formula is C18H18ClN3O. The highest BCUT2D eigenvalue weighted by atomic mass is 35.5. The summed E-state index contributed by atoms with van der Waals surface area (Å²) in [6.07, 6.45) is 1.63. The van der Waals surface area contributed by atoms with Gasteiger partial charge >= 0.3 is 0 Å². The molecule has 0 bridgehead atoms. The highest BCUT2D eigenvalue weighted by Gasteiger charge is 2.14. The summed E-state index contributed by atoms with van der Waals surface area (Å²) in [5.41, 5.74) is 3.86. The van der Waals surface area contributed by atoms with Crippen LogP contribution in [0.3, 0.4) is 0 Å². The third-order valence-corrected chi connectivity index (χ3v) is 3.83. The summed E-state index contributed by atoms with van der Waals surface area (Å²) in [7, 11) is 3.26. The smallest absolute Gasteiger partial charge is 0.264 e. The molecule has 118 valence electrons. The van der Waals surface area contributed by atoms with Crippen LogP contribution < -0.4 is 0 Å². The maximum absolute atomic E-state index is 12.0. The Morgan fingerprint density at radius 2 is 2.00 bits per heavy atom. The lowest BCUT2D eigenvalue weighted by Crippen LogP contribution is -2.22. The molecule has 4 nitrogen and oxygen atoms in total. The van der Waals surface area contributed by atoms with Crippen molar-refractivity contribution in [3.8, 4) is 11.8 Å². The summed E-state index contributed by atoms with van der Waals surface area (Å²) in [5.74, 6) is -0.306. The van der Waals surface area contributed by atoms with Gasteiger partial charge in [-0.25, -0.2) is 0 Å². The number of likely N-dealkylation sites (N-methyl/N-ethyl adjacent to an activating group) is 1. The topological polar surface area (TPSA) is 49.0 Å². The number of carbonyl (C=O) groups excluding carboxylic acids is 1. The number of aromatic nitrogens is 1. The molecule has 0 N–H and O–H groups in total. The lowest BCUT2D eigenvalue weighted by molar-refractivity contribution is -0.124. The van der Waals surface area contributed by atoms with Gasteiger partial charge in [-0.05, 0) is 49.8 Å². The number of nitrogens with zero attached hydrogens (tertiary/aromatic N) is 3. The molecule has 1 amide bonds. The third-order valence-electron chi connectivity index (χ3n) is 3.59. The van der Waals surface area contributed by atoms with E-state index in [-0.39, 0.29) is 11.5 Å². The second kappa shape index (κ2) is 6.72. The van der Waals surface area contributed by atoms with Gasteiger partial charge in [-0.1, -0.05) is 17.7 Å². The Labute approximate surface area is 141 Å². The SMILES string of the molecule is Cc1cc(/C=C(/C#N)C(=O)N(C)C)c(C)n1-c1cccc(Cl)c1. The molecule has 0 fully saturated rings. The van der Waals surface area contributed by atoms with Crippen LogP contribution >= 0.6 is 11.6 Å². The number of aryl methyl sites for hydroxylation is 1. The van der Waals surface area contributed by atoms with E-state index in [1.807, 2.05) is 54.8 Å². The molecule has 0 unspecified atom stereocenters. The fourth-order valence-corrected chi connectivity index (χ4v) is 2.67. The van der Waals surface area contributed by atoms with Crippen molar-refractivity contribution in [3.63, 3.8) is 0 Å². The Morgan fingerprint density at radius 1 is 1.30 bits per heavy atom. The van der Waals surface area contributed by atoms with E-state index in [9.17, 15) is 10.1 Å². The predicted octanol–water partition coefficient (Wildman–Crippen LogP) is 3.74. The van der Waals surface area contributed by atoms with Crippen LogP contribution in [-0.4, -0.2) is 29.5 Å². The zero-order valence-electron chi connectivity index (χ0n) is 13.6. The van der Waals surface area contributed by atoms with Crippen LogP contribution in [0.1, 0.15) is 17.0 Å². The number of halogens is 1. The molecule has 5 heteroatoms. The molecule has 0 radical (unpaired) electrons. The van der Waals surface area contributed by atoms with Crippen molar-refractivity contribution in [1.29, 1.82) is 5.26 Å². The molecule has 1 aromatic heterocycles. The molecule has 0 aliphatic rings. The second-order valence-electron chi connectivity index (χ2n) is 5.51. The van der Waals surface area contributed by atoms with Gasteiger partial charge in [-0.2, -0.15) is 5.26 Å². The van der Waals surface area contributed by atoms with E-state index < -0.39 is 0 Å². The van der Waals surface area contributed by atoms with Crippen LogP contribution in [-0.2, 0) is 4.79 Å². The first-order chi connectivity index (χ1) is 10.8. The normalized spacial score (nSPS) is 11.2. The molecule has 1 heterocycles. The lowest BCUT2D eigenvalue weighted by Gasteiger charge is -2.10. The highest BCUT2D eigenvalue weighted by molar-refractivity contribution is 6.30. The second-order valence-corrected chi connectivity index (χ2v) is 5.95. The first kappa shape index (κ1) is 16.9. The van der Waals surface area contributed by atoms with Crippen molar-refractivity contribution in [3.05, 3.63) is 57.9 Å². The Balaban J connectivity index is 2.54. The van der Waals surface area contributed by atoms with E-state index in [0.717, 1.165) is 22.6 Å². The van der Waals surface area contributed by atoms with Crippen LogP contribution in [0.2, 0.25) is 5.02 Å². The van der Waals surface area contributed by atoms with Crippen LogP contribution in [0, 0.1) is 25.2 Å². The summed E-state index contributed by atoms with van der Waals surface area (Å²) in [6.45, 7) is 3.93. The molecule has 0 spiro atoms. The summed E-state index contributed by atoms with van der Waals surface area (Å²) in [6, 6.07) is 11.5. The lowest BCUT2D eigenvalue weighted by atomic mass is 10.1. The van der Waals surface area contributed by atoms with Crippen LogP contribution in [0.5, 0.6) is 0 Å². The molecule has 0 atom stereocenters. The van der Waals surface area contributed by atoms with Gasteiger partial charge in [-0.15, -0.1) is 0 Å². The van der Waals surface area contributed by atoms with Gasteiger partial charge in [0, 0.05) is 36.2 Å². The third kappa shape index (κ3) is 3.46. The van der Waals surface area contributed by atoms with Crippen molar-refractivity contribution in [2.75, 3.05) is 14.1 Å². The Morgan fingerprint density at radius 3 is 2.57 bits per heavy atom. The molecule has 0 aliphatic heterocycles. The number of carbonyl (C=O) groups is 1. The Hall–Kier alpha value is -2.51. The number of rotatable bonds is 3. The molecule has 0 saturated carbocycles. The standard InChI is InChI=1S/C18H18ClN3O/c1-12-8-14(9-15(11-20)18(23)21(3)4)13(2)22(12)17-7-5-6-16(19)10-17/h5-10H,1-4H3/b15-9-. The highest BCUT2D eigenvalue weighted by Crippen LogP contribution is 2.24. The van der Waals surface area contributed by atoms with Gasteiger partial charge in [0.2, 0.25) is 0 Å². The summed E-state index contributed by atoms with van der Waals surface area (Å²) < 4.78 is 2.05. The first-order valence-corrected chi connectivity index (χ1v) is 7.51. The Kier molecular flexibility index (Phi) is 4.92. The van der Waals surface area contributed by atoms with Crippen LogP contribution in [0.25, 0.3) is 11.8 Å². The Bertz CT molecular complexity index is 825. The van der Waals surface area contributed by atoms with Crippen molar-refractivity contribution >= 4 is 23.6 Å². The molecule has 2 rings (SSSR count). The predicted molar refractivity (Wildman–Crippen MR) is 92.5 cm³/mol. The molecule has 23 heavy (non-hydrogen) atoms. The minimum Gasteiger partial charge on any atom is -0.344 e. The van der Waals surface area contributed by atoms with E-state index in [2.05, 4.69) is 0 Å². The maximum Gasteiger partial charge on any atom is 0.264 e. The van der Waals surface area contributed by atoms with E-state index in [0.29, 0.717) is 5.02 Å². The average molecular weight is 328 g/mol. The van der Waals surface area contributed by atoms with Gasteiger partial charge in [0.05, 0.1) is 0 Å². The monoisotopic (exact) mass is 327 g/mol. The fourth-order valence-electron chi connectivity index (χ4n) is 2.48.